The summed E-state index contributed by atoms with van der Waals surface area (Å²) in [5.74, 6) is 0.431. The summed E-state index contributed by atoms with van der Waals surface area (Å²) in [7, 11) is 0. The molecule has 0 amide bonds. The van der Waals surface area contributed by atoms with E-state index in [1.807, 2.05) is 13.0 Å². The molecule has 0 aliphatic carbocycles. The summed E-state index contributed by atoms with van der Waals surface area (Å²) in [5, 5.41) is 2.96. The minimum absolute atomic E-state index is 0.179. The Morgan fingerprint density at radius 3 is 2.81 bits per heavy atom. The first kappa shape index (κ1) is 10.4. The second-order valence-corrected chi connectivity index (χ2v) is 3.44. The molecular formula is C11H11FN4. The monoisotopic (exact) mass is 218 g/mol. The van der Waals surface area contributed by atoms with Gasteiger partial charge < -0.3 is 11.1 Å². The maximum Gasteiger partial charge on any atom is 0.221 e. The fourth-order valence-corrected chi connectivity index (χ4v) is 1.40. The van der Waals surface area contributed by atoms with Crippen molar-refractivity contribution in [1.29, 1.82) is 0 Å². The van der Waals surface area contributed by atoms with Crippen LogP contribution in [0.3, 0.4) is 0 Å². The SMILES string of the molecule is Cc1cc(F)cc(Nc2ccnc(N)n2)c1. The Bertz CT molecular complexity index is 493. The van der Waals surface area contributed by atoms with Crippen LogP contribution in [0, 0.1) is 12.7 Å². The van der Waals surface area contributed by atoms with Crippen molar-refractivity contribution in [3.8, 4) is 0 Å². The molecule has 0 unspecified atom stereocenters. The average Bonchev–Trinajstić information content (AvgIpc) is 2.15. The molecule has 0 radical (unpaired) electrons. The molecule has 0 aliphatic heterocycles. The van der Waals surface area contributed by atoms with Crippen LogP contribution in [0.4, 0.5) is 21.8 Å². The van der Waals surface area contributed by atoms with Gasteiger partial charge in [0.2, 0.25) is 5.95 Å². The van der Waals surface area contributed by atoms with Gasteiger partial charge in [-0.05, 0) is 36.8 Å². The van der Waals surface area contributed by atoms with Crippen molar-refractivity contribution < 1.29 is 4.39 Å². The molecule has 0 aliphatic rings. The summed E-state index contributed by atoms with van der Waals surface area (Å²) in [5.41, 5.74) is 6.91. The first-order valence-corrected chi connectivity index (χ1v) is 4.76. The van der Waals surface area contributed by atoms with E-state index in [1.54, 1.807) is 6.07 Å². The van der Waals surface area contributed by atoms with Crippen molar-refractivity contribution in [2.45, 2.75) is 6.92 Å². The number of halogens is 1. The van der Waals surface area contributed by atoms with Crippen molar-refractivity contribution in [2.24, 2.45) is 0 Å². The second-order valence-electron chi connectivity index (χ2n) is 3.44. The third-order valence-electron chi connectivity index (χ3n) is 1.99. The van der Waals surface area contributed by atoms with Crippen LogP contribution in [0.5, 0.6) is 0 Å². The van der Waals surface area contributed by atoms with E-state index >= 15 is 0 Å². The Balaban J connectivity index is 2.27. The van der Waals surface area contributed by atoms with Gasteiger partial charge >= 0.3 is 0 Å². The molecule has 3 N–H and O–H groups in total. The molecule has 1 aromatic heterocycles. The lowest BCUT2D eigenvalue weighted by Crippen LogP contribution is -1.99. The van der Waals surface area contributed by atoms with Gasteiger partial charge in [-0.15, -0.1) is 0 Å². The fourth-order valence-electron chi connectivity index (χ4n) is 1.40. The van der Waals surface area contributed by atoms with E-state index < -0.39 is 0 Å². The van der Waals surface area contributed by atoms with Crippen LogP contribution in [-0.4, -0.2) is 9.97 Å². The summed E-state index contributed by atoms with van der Waals surface area (Å²) in [4.78, 5) is 7.73. The third kappa shape index (κ3) is 2.44. The van der Waals surface area contributed by atoms with Gasteiger partial charge in [0, 0.05) is 11.9 Å². The van der Waals surface area contributed by atoms with Crippen molar-refractivity contribution in [3.05, 3.63) is 41.8 Å². The van der Waals surface area contributed by atoms with Crippen LogP contribution in [0.15, 0.2) is 30.5 Å². The highest BCUT2D eigenvalue weighted by molar-refractivity contribution is 5.57. The highest BCUT2D eigenvalue weighted by Crippen LogP contribution is 2.17. The molecule has 16 heavy (non-hydrogen) atoms. The standard InChI is InChI=1S/C11H11FN4/c1-7-4-8(12)6-9(5-7)15-10-2-3-14-11(13)16-10/h2-6H,1H3,(H3,13,14,15,16). The van der Waals surface area contributed by atoms with Crippen molar-refractivity contribution in [2.75, 3.05) is 11.1 Å². The predicted molar refractivity (Wildman–Crippen MR) is 60.9 cm³/mol. The van der Waals surface area contributed by atoms with Gasteiger partial charge in [-0.25, -0.2) is 9.37 Å². The number of anilines is 3. The van der Waals surface area contributed by atoms with Crippen LogP contribution >= 0.6 is 0 Å². The van der Waals surface area contributed by atoms with Gasteiger partial charge in [-0.3, -0.25) is 0 Å². The average molecular weight is 218 g/mol. The number of nitrogen functional groups attached to an aromatic ring is 1. The minimum atomic E-state index is -0.287. The molecule has 1 aromatic carbocycles. The quantitative estimate of drug-likeness (QED) is 0.811. The first-order chi connectivity index (χ1) is 7.63. The first-order valence-electron chi connectivity index (χ1n) is 4.76. The number of hydrogen-bond acceptors (Lipinski definition) is 4. The van der Waals surface area contributed by atoms with Crippen LogP contribution in [-0.2, 0) is 0 Å². The molecule has 82 valence electrons. The number of aromatic nitrogens is 2. The molecule has 2 rings (SSSR count). The van der Waals surface area contributed by atoms with Crippen molar-refractivity contribution in [1.82, 2.24) is 9.97 Å². The van der Waals surface area contributed by atoms with Crippen LogP contribution < -0.4 is 11.1 Å². The van der Waals surface area contributed by atoms with E-state index in [1.165, 1.54) is 18.3 Å². The highest BCUT2D eigenvalue weighted by Gasteiger charge is 2.00. The number of nitrogens with one attached hydrogen (secondary N) is 1. The molecule has 0 atom stereocenters. The number of benzene rings is 1. The Hall–Kier alpha value is -2.17. The van der Waals surface area contributed by atoms with Crippen LogP contribution in [0.2, 0.25) is 0 Å². The fraction of sp³-hybridized carbons (Fsp3) is 0.0909. The number of aryl methyl sites for hydroxylation is 1. The molecule has 5 heteroatoms. The van der Waals surface area contributed by atoms with Crippen molar-refractivity contribution >= 4 is 17.5 Å². The number of nitrogens with two attached hydrogens (primary N) is 1. The molecule has 0 bridgehead atoms. The largest absolute Gasteiger partial charge is 0.368 e. The summed E-state index contributed by atoms with van der Waals surface area (Å²) in [6.45, 7) is 1.82. The lowest BCUT2D eigenvalue weighted by Gasteiger charge is -2.06. The lowest BCUT2D eigenvalue weighted by atomic mass is 10.2. The maximum absolute atomic E-state index is 13.1. The van der Waals surface area contributed by atoms with E-state index in [0.29, 0.717) is 11.5 Å². The Kier molecular flexibility index (Phi) is 2.68. The molecule has 0 spiro atoms. The van der Waals surface area contributed by atoms with E-state index in [-0.39, 0.29) is 11.8 Å². The molecule has 0 fully saturated rings. The Morgan fingerprint density at radius 1 is 1.31 bits per heavy atom. The third-order valence-corrected chi connectivity index (χ3v) is 1.99. The molecular weight excluding hydrogens is 207 g/mol. The van der Waals surface area contributed by atoms with Crippen LogP contribution in [0.25, 0.3) is 0 Å². The summed E-state index contributed by atoms with van der Waals surface area (Å²) in [6, 6.07) is 6.34. The smallest absolute Gasteiger partial charge is 0.221 e. The molecule has 1 heterocycles. The maximum atomic E-state index is 13.1. The van der Waals surface area contributed by atoms with Gasteiger partial charge in [0.25, 0.3) is 0 Å². The Labute approximate surface area is 92.3 Å². The topological polar surface area (TPSA) is 63.8 Å². The molecule has 4 nitrogen and oxygen atoms in total. The number of rotatable bonds is 2. The van der Waals surface area contributed by atoms with E-state index in [9.17, 15) is 4.39 Å². The predicted octanol–water partition coefficient (Wildman–Crippen LogP) is 2.25. The van der Waals surface area contributed by atoms with E-state index in [0.717, 1.165) is 5.56 Å². The number of nitrogens with zero attached hydrogens (tertiary/aromatic N) is 2. The summed E-state index contributed by atoms with van der Waals surface area (Å²) >= 11 is 0. The van der Waals surface area contributed by atoms with Gasteiger partial charge in [0.15, 0.2) is 0 Å². The Morgan fingerprint density at radius 2 is 2.12 bits per heavy atom. The van der Waals surface area contributed by atoms with Gasteiger partial charge in [-0.1, -0.05) is 0 Å². The highest BCUT2D eigenvalue weighted by atomic mass is 19.1. The zero-order chi connectivity index (χ0) is 11.5. The summed E-state index contributed by atoms with van der Waals surface area (Å²) in [6.07, 6.45) is 1.54. The lowest BCUT2D eigenvalue weighted by molar-refractivity contribution is 0.627. The van der Waals surface area contributed by atoms with E-state index in [2.05, 4.69) is 15.3 Å². The van der Waals surface area contributed by atoms with Gasteiger partial charge in [0.05, 0.1) is 0 Å². The zero-order valence-corrected chi connectivity index (χ0v) is 8.74. The van der Waals surface area contributed by atoms with Gasteiger partial charge in [-0.2, -0.15) is 4.98 Å². The molecule has 2 aromatic rings. The van der Waals surface area contributed by atoms with E-state index in [4.69, 9.17) is 5.73 Å². The molecule has 0 saturated carbocycles. The van der Waals surface area contributed by atoms with Crippen LogP contribution in [0.1, 0.15) is 5.56 Å². The van der Waals surface area contributed by atoms with Gasteiger partial charge in [0.1, 0.15) is 11.6 Å². The normalized spacial score (nSPS) is 10.1. The van der Waals surface area contributed by atoms with Crippen molar-refractivity contribution in [3.63, 3.8) is 0 Å². The second kappa shape index (κ2) is 4.14. The number of hydrogen-bond donors (Lipinski definition) is 2. The minimum Gasteiger partial charge on any atom is -0.368 e. The molecule has 0 saturated heterocycles. The summed E-state index contributed by atoms with van der Waals surface area (Å²) < 4.78 is 13.1. The zero-order valence-electron chi connectivity index (χ0n) is 8.74.